The Hall–Kier alpha value is -3.74. The quantitative estimate of drug-likeness (QED) is 0.302. The Morgan fingerprint density at radius 3 is 2.03 bits per heavy atom. The average Bonchev–Trinajstić information content (AvgIpc) is 3.32. The highest BCUT2D eigenvalue weighted by atomic mass is 16.5. The number of nitrogens with zero attached hydrogens (tertiary/aromatic N) is 2. The Kier molecular flexibility index (Phi) is 5.55. The van der Waals surface area contributed by atoms with Crippen LogP contribution in [0.25, 0.3) is 0 Å². The lowest BCUT2D eigenvalue weighted by Gasteiger charge is -2.18. The first kappa shape index (κ1) is 22.1. The molecule has 2 fully saturated rings. The molecule has 2 heterocycles. The molecule has 3 amide bonds. The van der Waals surface area contributed by atoms with Gasteiger partial charge in [-0.25, -0.2) is 0 Å². The fraction of sp³-hybridized carbons (Fsp3) is 0.333. The van der Waals surface area contributed by atoms with Crippen LogP contribution in [0.4, 0.5) is 11.4 Å². The molecule has 2 aliphatic heterocycles. The van der Waals surface area contributed by atoms with E-state index in [4.69, 9.17) is 4.74 Å². The molecule has 2 saturated heterocycles. The van der Waals surface area contributed by atoms with Gasteiger partial charge in [0.05, 0.1) is 23.4 Å². The number of imide groups is 1. The third kappa shape index (κ3) is 3.91. The van der Waals surface area contributed by atoms with Gasteiger partial charge in [-0.15, -0.1) is 0 Å². The second-order valence-corrected chi connectivity index (χ2v) is 9.33. The number of hydrogen-bond acceptors (Lipinski definition) is 5. The minimum atomic E-state index is -0.564. The van der Waals surface area contributed by atoms with Crippen LogP contribution in [-0.4, -0.2) is 30.2 Å². The third-order valence-electron chi connectivity index (χ3n) is 6.80. The van der Waals surface area contributed by atoms with Gasteiger partial charge in [-0.05, 0) is 74.2 Å². The topological polar surface area (TPSA) is 84.0 Å². The first-order valence-corrected chi connectivity index (χ1v) is 11.5. The van der Waals surface area contributed by atoms with Crippen LogP contribution in [0.3, 0.4) is 0 Å². The molecule has 3 atom stereocenters. The minimum absolute atomic E-state index is 0.0947. The molecule has 3 aliphatic rings. The number of aryl methyl sites for hydroxylation is 2. The molecule has 0 radical (unpaired) electrons. The minimum Gasteiger partial charge on any atom is -0.426 e. The largest absolute Gasteiger partial charge is 0.426 e. The van der Waals surface area contributed by atoms with Gasteiger partial charge in [0, 0.05) is 18.7 Å². The third-order valence-corrected chi connectivity index (χ3v) is 6.80. The van der Waals surface area contributed by atoms with Crippen molar-refractivity contribution in [2.24, 2.45) is 17.8 Å². The number of fused-ring (bicyclic) bond motifs is 1. The molecular weight excluding hydrogens is 432 g/mol. The number of amides is 3. The number of ether oxygens (including phenoxy) is 1. The molecule has 5 rings (SSSR count). The zero-order valence-corrected chi connectivity index (χ0v) is 19.2. The van der Waals surface area contributed by atoms with Gasteiger partial charge in [0.2, 0.25) is 17.7 Å². The van der Waals surface area contributed by atoms with Crippen molar-refractivity contribution in [1.82, 2.24) is 0 Å². The number of benzene rings is 2. The number of hydrogen-bond donors (Lipinski definition) is 0. The smallest absolute Gasteiger partial charge is 0.316 e. The van der Waals surface area contributed by atoms with Crippen molar-refractivity contribution < 1.29 is 23.9 Å². The van der Waals surface area contributed by atoms with E-state index in [2.05, 4.69) is 0 Å². The van der Waals surface area contributed by atoms with Gasteiger partial charge in [0.1, 0.15) is 5.75 Å². The molecule has 0 N–H and O–H groups in total. The van der Waals surface area contributed by atoms with Crippen molar-refractivity contribution >= 4 is 35.1 Å². The Morgan fingerprint density at radius 1 is 0.853 bits per heavy atom. The zero-order valence-electron chi connectivity index (χ0n) is 19.2. The SMILES string of the molecule is Cc1cc(C)cc(N2C[C@H](C(=O)Oc3ccc(N4C(=O)[C@@H]5CC=CC[C@H]5C4=O)cc3)CC2=O)c1. The number of anilines is 2. The van der Waals surface area contributed by atoms with E-state index in [1.54, 1.807) is 29.2 Å². The van der Waals surface area contributed by atoms with Gasteiger partial charge in [0.15, 0.2) is 0 Å². The van der Waals surface area contributed by atoms with Crippen molar-refractivity contribution in [3.05, 3.63) is 65.7 Å². The Bertz CT molecular complexity index is 1170. The highest BCUT2D eigenvalue weighted by molar-refractivity contribution is 6.22. The van der Waals surface area contributed by atoms with Crippen LogP contribution >= 0.6 is 0 Å². The van der Waals surface area contributed by atoms with Gasteiger partial charge in [-0.1, -0.05) is 18.2 Å². The van der Waals surface area contributed by atoms with E-state index >= 15 is 0 Å². The van der Waals surface area contributed by atoms with Crippen molar-refractivity contribution in [3.8, 4) is 5.75 Å². The van der Waals surface area contributed by atoms with Crippen molar-refractivity contribution in [2.45, 2.75) is 33.1 Å². The molecular formula is C27H26N2O5. The summed E-state index contributed by atoms with van der Waals surface area (Å²) in [5.74, 6) is -1.79. The standard InChI is InChI=1S/C27H26N2O5/c1-16-11-17(2)13-20(12-16)28-15-18(14-24(28)30)27(33)34-21-9-7-19(8-10-21)29-25(31)22-5-3-4-6-23(22)26(29)32/h3-4,7-13,18,22-23H,5-6,14-15H2,1-2H3/t18-,22-,23-/m1/s1. The summed E-state index contributed by atoms with van der Waals surface area (Å²) in [5, 5.41) is 0. The summed E-state index contributed by atoms with van der Waals surface area (Å²) in [6.07, 6.45) is 5.17. The second kappa shape index (κ2) is 8.56. The summed E-state index contributed by atoms with van der Waals surface area (Å²) in [4.78, 5) is 53.7. The Balaban J connectivity index is 1.25. The van der Waals surface area contributed by atoms with E-state index in [1.165, 1.54) is 4.90 Å². The van der Waals surface area contributed by atoms with Crippen LogP contribution in [0.15, 0.2) is 54.6 Å². The molecule has 0 aromatic heterocycles. The maximum atomic E-state index is 12.8. The first-order chi connectivity index (χ1) is 16.3. The number of rotatable bonds is 4. The number of allylic oxidation sites excluding steroid dienone is 2. The summed E-state index contributed by atoms with van der Waals surface area (Å²) in [7, 11) is 0. The molecule has 0 saturated carbocycles. The molecule has 34 heavy (non-hydrogen) atoms. The molecule has 2 aromatic rings. The van der Waals surface area contributed by atoms with Crippen LogP contribution in [-0.2, 0) is 19.2 Å². The fourth-order valence-electron chi connectivity index (χ4n) is 5.14. The monoisotopic (exact) mass is 458 g/mol. The number of carbonyl (C=O) groups excluding carboxylic acids is 4. The molecule has 7 heteroatoms. The van der Waals surface area contributed by atoms with Gasteiger partial charge >= 0.3 is 5.97 Å². The van der Waals surface area contributed by atoms with Gasteiger partial charge in [-0.3, -0.25) is 24.1 Å². The van der Waals surface area contributed by atoms with E-state index < -0.39 is 11.9 Å². The van der Waals surface area contributed by atoms with Gasteiger partial charge in [-0.2, -0.15) is 0 Å². The normalized spacial score (nSPS) is 24.1. The predicted octanol–water partition coefficient (Wildman–Crippen LogP) is 3.72. The second-order valence-electron chi connectivity index (χ2n) is 9.33. The summed E-state index contributed by atoms with van der Waals surface area (Å²) in [6, 6.07) is 12.3. The Morgan fingerprint density at radius 2 is 1.44 bits per heavy atom. The highest BCUT2D eigenvalue weighted by Gasteiger charge is 2.47. The molecule has 1 aliphatic carbocycles. The average molecular weight is 459 g/mol. The number of esters is 1. The lowest BCUT2D eigenvalue weighted by Crippen LogP contribution is -2.30. The summed E-state index contributed by atoms with van der Waals surface area (Å²) >= 11 is 0. The summed E-state index contributed by atoms with van der Waals surface area (Å²) in [5.41, 5.74) is 3.37. The highest BCUT2D eigenvalue weighted by Crippen LogP contribution is 2.38. The number of carbonyl (C=O) groups is 4. The van der Waals surface area contributed by atoms with Crippen LogP contribution in [0.2, 0.25) is 0 Å². The zero-order chi connectivity index (χ0) is 24.0. The molecule has 0 spiro atoms. The van der Waals surface area contributed by atoms with Crippen molar-refractivity contribution in [1.29, 1.82) is 0 Å². The fourth-order valence-corrected chi connectivity index (χ4v) is 5.14. The predicted molar refractivity (Wildman–Crippen MR) is 126 cm³/mol. The lowest BCUT2D eigenvalue weighted by molar-refractivity contribution is -0.139. The van der Waals surface area contributed by atoms with Crippen molar-refractivity contribution in [3.63, 3.8) is 0 Å². The molecule has 0 bridgehead atoms. The van der Waals surface area contributed by atoms with E-state index in [0.29, 0.717) is 24.3 Å². The van der Waals surface area contributed by atoms with Gasteiger partial charge in [0.25, 0.3) is 0 Å². The van der Waals surface area contributed by atoms with E-state index in [-0.39, 0.29) is 42.5 Å². The van der Waals surface area contributed by atoms with E-state index in [1.807, 2.05) is 44.2 Å². The van der Waals surface area contributed by atoms with E-state index in [0.717, 1.165) is 16.8 Å². The Labute approximate surface area is 198 Å². The first-order valence-electron chi connectivity index (χ1n) is 11.5. The van der Waals surface area contributed by atoms with Crippen LogP contribution in [0.5, 0.6) is 5.75 Å². The lowest BCUT2D eigenvalue weighted by atomic mass is 9.85. The van der Waals surface area contributed by atoms with Crippen LogP contribution in [0.1, 0.15) is 30.4 Å². The summed E-state index contributed by atoms with van der Waals surface area (Å²) < 4.78 is 5.53. The maximum absolute atomic E-state index is 12.8. The van der Waals surface area contributed by atoms with Gasteiger partial charge < -0.3 is 9.64 Å². The van der Waals surface area contributed by atoms with Crippen LogP contribution in [0, 0.1) is 31.6 Å². The summed E-state index contributed by atoms with van der Waals surface area (Å²) in [6.45, 7) is 4.22. The maximum Gasteiger partial charge on any atom is 0.316 e. The van der Waals surface area contributed by atoms with Crippen LogP contribution < -0.4 is 14.5 Å². The van der Waals surface area contributed by atoms with E-state index in [9.17, 15) is 19.2 Å². The molecule has 2 aromatic carbocycles. The molecule has 7 nitrogen and oxygen atoms in total. The van der Waals surface area contributed by atoms with Crippen molar-refractivity contribution in [2.75, 3.05) is 16.3 Å². The molecule has 174 valence electrons. The molecule has 0 unspecified atom stereocenters.